The Morgan fingerprint density at radius 1 is 1.29 bits per heavy atom. The highest BCUT2D eigenvalue weighted by Crippen LogP contribution is 2.22. The minimum absolute atomic E-state index is 0.0959. The summed E-state index contributed by atoms with van der Waals surface area (Å²) in [6.45, 7) is 2.69. The van der Waals surface area contributed by atoms with Crippen LogP contribution in [-0.2, 0) is 6.54 Å². The quantitative estimate of drug-likeness (QED) is 0.394. The molecule has 0 atom stereocenters. The van der Waals surface area contributed by atoms with Crippen molar-refractivity contribution in [2.75, 3.05) is 11.9 Å². The van der Waals surface area contributed by atoms with Crippen LogP contribution >= 0.6 is 11.6 Å². The lowest BCUT2D eigenvalue weighted by atomic mass is 10.1. The van der Waals surface area contributed by atoms with Crippen molar-refractivity contribution in [3.8, 4) is 0 Å². The molecule has 3 N–H and O–H groups in total. The minimum atomic E-state index is 0.0959. The SMILES string of the molecule is Cc1ccc(CN(C)c2cccc(/C(N)=N/O)c2)c(Cl)c1. The number of benzene rings is 2. The minimum Gasteiger partial charge on any atom is -0.409 e. The Hall–Kier alpha value is -2.20. The van der Waals surface area contributed by atoms with E-state index in [0.29, 0.717) is 12.1 Å². The highest BCUT2D eigenvalue weighted by atomic mass is 35.5. The molecule has 0 amide bonds. The fraction of sp³-hybridized carbons (Fsp3) is 0.188. The van der Waals surface area contributed by atoms with Crippen LogP contribution < -0.4 is 10.6 Å². The van der Waals surface area contributed by atoms with E-state index in [9.17, 15) is 0 Å². The standard InChI is InChI=1S/C16H18ClN3O/c1-11-6-7-13(15(17)8-11)10-20(2)14-5-3-4-12(9-14)16(18)19-21/h3-9,21H,10H2,1-2H3,(H2,18,19). The van der Waals surface area contributed by atoms with Crippen LogP contribution in [0.4, 0.5) is 5.69 Å². The zero-order valence-electron chi connectivity index (χ0n) is 12.0. The molecular formula is C16H18ClN3O. The van der Waals surface area contributed by atoms with Gasteiger partial charge in [-0.2, -0.15) is 0 Å². The molecule has 0 saturated heterocycles. The van der Waals surface area contributed by atoms with Crippen molar-refractivity contribution in [2.45, 2.75) is 13.5 Å². The van der Waals surface area contributed by atoms with Crippen LogP contribution in [0, 0.1) is 6.92 Å². The Kier molecular flexibility index (Phi) is 4.70. The lowest BCUT2D eigenvalue weighted by Crippen LogP contribution is -2.18. The second-order valence-corrected chi connectivity index (χ2v) is 5.39. The van der Waals surface area contributed by atoms with Gasteiger partial charge in [-0.05, 0) is 36.2 Å². The third kappa shape index (κ3) is 3.67. The van der Waals surface area contributed by atoms with Crippen molar-refractivity contribution >= 4 is 23.1 Å². The van der Waals surface area contributed by atoms with Gasteiger partial charge in [-0.3, -0.25) is 0 Å². The Morgan fingerprint density at radius 3 is 2.71 bits per heavy atom. The summed E-state index contributed by atoms with van der Waals surface area (Å²) in [6.07, 6.45) is 0. The van der Waals surface area contributed by atoms with Crippen LogP contribution in [0.3, 0.4) is 0 Å². The molecule has 2 rings (SSSR count). The van der Waals surface area contributed by atoms with E-state index in [1.807, 2.05) is 50.4 Å². The fourth-order valence-corrected chi connectivity index (χ4v) is 2.38. The normalized spacial score (nSPS) is 11.5. The van der Waals surface area contributed by atoms with Gasteiger partial charge >= 0.3 is 0 Å². The zero-order chi connectivity index (χ0) is 15.4. The predicted octanol–water partition coefficient (Wildman–Crippen LogP) is 3.38. The molecule has 4 nitrogen and oxygen atoms in total. The second kappa shape index (κ2) is 6.50. The molecule has 2 aromatic carbocycles. The van der Waals surface area contributed by atoms with Crippen LogP contribution in [0.5, 0.6) is 0 Å². The number of amidine groups is 1. The summed E-state index contributed by atoms with van der Waals surface area (Å²) in [5.41, 5.74) is 9.46. The highest BCUT2D eigenvalue weighted by Gasteiger charge is 2.08. The summed E-state index contributed by atoms with van der Waals surface area (Å²) in [5.74, 6) is 0.0959. The number of hydrogen-bond acceptors (Lipinski definition) is 3. The van der Waals surface area contributed by atoms with Gasteiger partial charge < -0.3 is 15.8 Å². The van der Waals surface area contributed by atoms with Gasteiger partial charge in [0, 0.05) is 29.9 Å². The van der Waals surface area contributed by atoms with E-state index in [1.165, 1.54) is 0 Å². The van der Waals surface area contributed by atoms with Gasteiger partial charge in [-0.15, -0.1) is 0 Å². The van der Waals surface area contributed by atoms with Gasteiger partial charge in [0.2, 0.25) is 0 Å². The zero-order valence-corrected chi connectivity index (χ0v) is 12.8. The van der Waals surface area contributed by atoms with Crippen molar-refractivity contribution in [3.05, 3.63) is 64.2 Å². The first kappa shape index (κ1) is 15.2. The molecule has 0 saturated carbocycles. The number of aryl methyl sites for hydroxylation is 1. The molecule has 5 heteroatoms. The van der Waals surface area contributed by atoms with Gasteiger partial charge in [0.25, 0.3) is 0 Å². The maximum Gasteiger partial charge on any atom is 0.170 e. The van der Waals surface area contributed by atoms with E-state index in [-0.39, 0.29) is 5.84 Å². The molecule has 0 aromatic heterocycles. The number of anilines is 1. The third-order valence-corrected chi connectivity index (χ3v) is 3.66. The molecule has 2 aromatic rings. The lowest BCUT2D eigenvalue weighted by molar-refractivity contribution is 0.318. The molecule has 0 unspecified atom stereocenters. The van der Waals surface area contributed by atoms with E-state index in [4.69, 9.17) is 22.5 Å². The Labute approximate surface area is 129 Å². The van der Waals surface area contributed by atoms with Crippen LogP contribution in [0.15, 0.2) is 47.6 Å². The molecule has 110 valence electrons. The van der Waals surface area contributed by atoms with Crippen molar-refractivity contribution in [2.24, 2.45) is 10.9 Å². The smallest absolute Gasteiger partial charge is 0.170 e. The van der Waals surface area contributed by atoms with E-state index >= 15 is 0 Å². The van der Waals surface area contributed by atoms with Gasteiger partial charge in [0.1, 0.15) is 0 Å². The van der Waals surface area contributed by atoms with Crippen molar-refractivity contribution in [1.82, 2.24) is 0 Å². The Bertz CT molecular complexity index is 670. The van der Waals surface area contributed by atoms with E-state index in [1.54, 1.807) is 6.07 Å². The first-order chi connectivity index (χ1) is 10.0. The van der Waals surface area contributed by atoms with E-state index in [0.717, 1.165) is 21.8 Å². The molecule has 0 heterocycles. The average Bonchev–Trinajstić information content (AvgIpc) is 2.49. The summed E-state index contributed by atoms with van der Waals surface area (Å²) < 4.78 is 0. The molecule has 0 fully saturated rings. The average molecular weight is 304 g/mol. The monoisotopic (exact) mass is 303 g/mol. The number of nitrogens with zero attached hydrogens (tertiary/aromatic N) is 2. The molecule has 0 aliphatic heterocycles. The number of hydrogen-bond donors (Lipinski definition) is 2. The molecule has 0 spiro atoms. The summed E-state index contributed by atoms with van der Waals surface area (Å²) >= 11 is 6.27. The first-order valence-electron chi connectivity index (χ1n) is 6.55. The molecule has 0 aliphatic rings. The van der Waals surface area contributed by atoms with E-state index < -0.39 is 0 Å². The first-order valence-corrected chi connectivity index (χ1v) is 6.93. The molecule has 0 aliphatic carbocycles. The summed E-state index contributed by atoms with van der Waals surface area (Å²) in [6, 6.07) is 13.5. The summed E-state index contributed by atoms with van der Waals surface area (Å²) in [7, 11) is 1.97. The number of nitrogens with two attached hydrogens (primary N) is 1. The van der Waals surface area contributed by atoms with Crippen molar-refractivity contribution in [3.63, 3.8) is 0 Å². The highest BCUT2D eigenvalue weighted by molar-refractivity contribution is 6.31. The Balaban J connectivity index is 2.22. The van der Waals surface area contributed by atoms with Crippen LogP contribution in [0.1, 0.15) is 16.7 Å². The van der Waals surface area contributed by atoms with Crippen molar-refractivity contribution < 1.29 is 5.21 Å². The molecular weight excluding hydrogens is 286 g/mol. The fourth-order valence-electron chi connectivity index (χ4n) is 2.09. The summed E-state index contributed by atoms with van der Waals surface area (Å²) in [4.78, 5) is 2.06. The maximum absolute atomic E-state index is 8.75. The predicted molar refractivity (Wildman–Crippen MR) is 87.2 cm³/mol. The van der Waals surface area contributed by atoms with Crippen LogP contribution in [-0.4, -0.2) is 18.1 Å². The van der Waals surface area contributed by atoms with Crippen LogP contribution in [0.2, 0.25) is 5.02 Å². The van der Waals surface area contributed by atoms with Crippen molar-refractivity contribution in [1.29, 1.82) is 0 Å². The topological polar surface area (TPSA) is 61.8 Å². The maximum atomic E-state index is 8.75. The lowest BCUT2D eigenvalue weighted by Gasteiger charge is -2.21. The second-order valence-electron chi connectivity index (χ2n) is 4.99. The van der Waals surface area contributed by atoms with E-state index in [2.05, 4.69) is 10.1 Å². The van der Waals surface area contributed by atoms with Crippen LogP contribution in [0.25, 0.3) is 0 Å². The summed E-state index contributed by atoms with van der Waals surface area (Å²) in [5, 5.41) is 12.5. The van der Waals surface area contributed by atoms with Gasteiger partial charge in [0.05, 0.1) is 0 Å². The molecule has 0 bridgehead atoms. The molecule has 21 heavy (non-hydrogen) atoms. The van der Waals surface area contributed by atoms with Gasteiger partial charge in [0.15, 0.2) is 5.84 Å². The number of oxime groups is 1. The number of rotatable bonds is 4. The van der Waals surface area contributed by atoms with Gasteiger partial charge in [-0.25, -0.2) is 0 Å². The third-order valence-electron chi connectivity index (χ3n) is 3.31. The Morgan fingerprint density at radius 2 is 2.05 bits per heavy atom. The largest absolute Gasteiger partial charge is 0.409 e. The van der Waals surface area contributed by atoms with Gasteiger partial charge in [-0.1, -0.05) is 41.0 Å². The number of halogens is 1. The molecule has 0 radical (unpaired) electrons.